The SMILES string of the molecule is CCc1ccc2c(c1)[C@@H]1OCCC[C@@H]1[C@@H](c1ccc(C(=O)OC)cc1)N2. The summed E-state index contributed by atoms with van der Waals surface area (Å²) in [6, 6.07) is 14.6. The van der Waals surface area contributed by atoms with E-state index in [1.165, 1.54) is 23.8 Å². The lowest BCUT2D eigenvalue weighted by Crippen LogP contribution is -2.36. The van der Waals surface area contributed by atoms with E-state index in [0.29, 0.717) is 11.5 Å². The third-order valence-corrected chi connectivity index (χ3v) is 5.63. The van der Waals surface area contributed by atoms with Crippen molar-refractivity contribution in [2.45, 2.75) is 38.3 Å². The average Bonchev–Trinajstić information content (AvgIpc) is 2.72. The lowest BCUT2D eigenvalue weighted by atomic mass is 9.77. The number of rotatable bonds is 3. The molecular weight excluding hydrogens is 326 g/mol. The second-order valence-electron chi connectivity index (χ2n) is 7.11. The van der Waals surface area contributed by atoms with Crippen molar-refractivity contribution in [3.63, 3.8) is 0 Å². The number of carbonyl (C=O) groups is 1. The number of methoxy groups -OCH3 is 1. The fourth-order valence-electron chi connectivity index (χ4n) is 4.21. The molecule has 26 heavy (non-hydrogen) atoms. The Hall–Kier alpha value is -2.33. The summed E-state index contributed by atoms with van der Waals surface area (Å²) in [6.45, 7) is 3.01. The first kappa shape index (κ1) is 17.1. The maximum Gasteiger partial charge on any atom is 0.337 e. The van der Waals surface area contributed by atoms with Crippen LogP contribution in [0.1, 0.15) is 59.0 Å². The molecule has 136 valence electrons. The first-order valence-corrected chi connectivity index (χ1v) is 9.40. The maximum absolute atomic E-state index is 11.7. The quantitative estimate of drug-likeness (QED) is 0.817. The first-order valence-electron chi connectivity index (χ1n) is 9.40. The molecule has 1 fully saturated rings. The van der Waals surface area contributed by atoms with Gasteiger partial charge in [-0.25, -0.2) is 4.79 Å². The summed E-state index contributed by atoms with van der Waals surface area (Å²) in [7, 11) is 1.41. The van der Waals surface area contributed by atoms with Crippen molar-refractivity contribution in [3.05, 3.63) is 64.7 Å². The Labute approximate surface area is 154 Å². The third-order valence-electron chi connectivity index (χ3n) is 5.63. The number of anilines is 1. The predicted octanol–water partition coefficient (Wildman–Crippen LogP) is 4.67. The molecule has 2 aliphatic rings. The largest absolute Gasteiger partial charge is 0.465 e. The molecule has 3 atom stereocenters. The van der Waals surface area contributed by atoms with Gasteiger partial charge in [0.1, 0.15) is 0 Å². The fourth-order valence-corrected chi connectivity index (χ4v) is 4.21. The van der Waals surface area contributed by atoms with Crippen LogP contribution in [0.25, 0.3) is 0 Å². The minimum atomic E-state index is -0.301. The van der Waals surface area contributed by atoms with Gasteiger partial charge in [-0.1, -0.05) is 31.2 Å². The zero-order valence-electron chi connectivity index (χ0n) is 15.3. The number of fused-ring (bicyclic) bond motifs is 3. The van der Waals surface area contributed by atoms with E-state index in [2.05, 4.69) is 30.4 Å². The summed E-state index contributed by atoms with van der Waals surface area (Å²) in [5, 5.41) is 3.73. The van der Waals surface area contributed by atoms with Crippen molar-refractivity contribution >= 4 is 11.7 Å². The topological polar surface area (TPSA) is 47.6 Å². The summed E-state index contributed by atoms with van der Waals surface area (Å²) < 4.78 is 11.0. The molecule has 2 aliphatic heterocycles. The van der Waals surface area contributed by atoms with Crippen LogP contribution in [0, 0.1) is 5.92 Å². The normalized spacial score (nSPS) is 24.2. The van der Waals surface area contributed by atoms with Crippen LogP contribution in [0.4, 0.5) is 5.69 Å². The van der Waals surface area contributed by atoms with E-state index in [4.69, 9.17) is 9.47 Å². The Morgan fingerprint density at radius 3 is 2.77 bits per heavy atom. The van der Waals surface area contributed by atoms with Crippen LogP contribution in [0.5, 0.6) is 0 Å². The second kappa shape index (κ2) is 7.12. The Kier molecular flexibility index (Phi) is 4.68. The minimum absolute atomic E-state index is 0.136. The van der Waals surface area contributed by atoms with E-state index in [1.54, 1.807) is 0 Å². The van der Waals surface area contributed by atoms with Gasteiger partial charge in [0, 0.05) is 23.8 Å². The highest BCUT2D eigenvalue weighted by Gasteiger charge is 2.39. The van der Waals surface area contributed by atoms with Crippen molar-refractivity contribution in [2.75, 3.05) is 19.0 Å². The molecule has 1 saturated heterocycles. The molecule has 2 aromatic carbocycles. The van der Waals surface area contributed by atoms with Crippen LogP contribution in [0.3, 0.4) is 0 Å². The average molecular weight is 351 g/mol. The van der Waals surface area contributed by atoms with Crippen molar-refractivity contribution in [2.24, 2.45) is 5.92 Å². The third kappa shape index (κ3) is 2.99. The molecule has 4 rings (SSSR count). The van der Waals surface area contributed by atoms with Crippen LogP contribution < -0.4 is 5.32 Å². The van der Waals surface area contributed by atoms with Crippen molar-refractivity contribution in [3.8, 4) is 0 Å². The molecule has 0 aromatic heterocycles. The van der Waals surface area contributed by atoms with E-state index >= 15 is 0 Å². The number of aryl methyl sites for hydroxylation is 1. The monoisotopic (exact) mass is 351 g/mol. The molecule has 1 N–H and O–H groups in total. The summed E-state index contributed by atoms with van der Waals surface area (Å²) in [5.41, 5.74) is 5.56. The Morgan fingerprint density at radius 1 is 1.23 bits per heavy atom. The number of esters is 1. The molecule has 2 aromatic rings. The van der Waals surface area contributed by atoms with Gasteiger partial charge in [0.05, 0.1) is 24.8 Å². The van der Waals surface area contributed by atoms with E-state index in [-0.39, 0.29) is 18.1 Å². The lowest BCUT2D eigenvalue weighted by molar-refractivity contribution is -0.0381. The van der Waals surface area contributed by atoms with Crippen LogP contribution in [-0.4, -0.2) is 19.7 Å². The number of nitrogens with one attached hydrogen (secondary N) is 1. The zero-order valence-corrected chi connectivity index (χ0v) is 15.3. The van der Waals surface area contributed by atoms with Gasteiger partial charge in [-0.3, -0.25) is 0 Å². The molecular formula is C22H25NO3. The van der Waals surface area contributed by atoms with Gasteiger partial charge in [0.2, 0.25) is 0 Å². The van der Waals surface area contributed by atoms with Gasteiger partial charge in [-0.15, -0.1) is 0 Å². The number of hydrogen-bond acceptors (Lipinski definition) is 4. The molecule has 2 heterocycles. The standard InChI is InChI=1S/C22H25NO3/c1-3-14-6-11-19-18(13-14)21-17(5-4-12-26-21)20(23-19)15-7-9-16(10-8-15)22(24)25-2/h6-11,13,17,20-21,23H,3-5,12H2,1-2H3/t17-,20-,21-/m1/s1. The van der Waals surface area contributed by atoms with Gasteiger partial charge in [0.15, 0.2) is 0 Å². The van der Waals surface area contributed by atoms with Gasteiger partial charge in [-0.2, -0.15) is 0 Å². The number of benzene rings is 2. The Morgan fingerprint density at radius 2 is 2.04 bits per heavy atom. The molecule has 4 nitrogen and oxygen atoms in total. The molecule has 0 aliphatic carbocycles. The molecule has 0 spiro atoms. The first-order chi connectivity index (χ1) is 12.7. The summed E-state index contributed by atoms with van der Waals surface area (Å²) in [6.07, 6.45) is 3.39. The smallest absolute Gasteiger partial charge is 0.337 e. The molecule has 0 saturated carbocycles. The molecule has 0 bridgehead atoms. The van der Waals surface area contributed by atoms with Gasteiger partial charge >= 0.3 is 5.97 Å². The van der Waals surface area contributed by atoms with Gasteiger partial charge in [0.25, 0.3) is 0 Å². The lowest BCUT2D eigenvalue weighted by Gasteiger charge is -2.43. The van der Waals surface area contributed by atoms with E-state index in [9.17, 15) is 4.79 Å². The number of carbonyl (C=O) groups excluding carboxylic acids is 1. The highest BCUT2D eigenvalue weighted by Crippen LogP contribution is 2.49. The van der Waals surface area contributed by atoms with Crippen molar-refractivity contribution < 1.29 is 14.3 Å². The van der Waals surface area contributed by atoms with Crippen LogP contribution >= 0.6 is 0 Å². The zero-order chi connectivity index (χ0) is 18.1. The van der Waals surface area contributed by atoms with Crippen LogP contribution in [0.2, 0.25) is 0 Å². The predicted molar refractivity (Wildman–Crippen MR) is 101 cm³/mol. The highest BCUT2D eigenvalue weighted by atomic mass is 16.5. The van der Waals surface area contributed by atoms with Crippen LogP contribution in [-0.2, 0) is 15.9 Å². The van der Waals surface area contributed by atoms with E-state index in [1.807, 2.05) is 24.3 Å². The molecule has 0 radical (unpaired) electrons. The summed E-state index contributed by atoms with van der Waals surface area (Å²) in [5.74, 6) is 0.0943. The molecule has 0 amide bonds. The molecule has 4 heteroatoms. The number of ether oxygens (including phenoxy) is 2. The van der Waals surface area contributed by atoms with Gasteiger partial charge in [-0.05, 0) is 48.6 Å². The fraction of sp³-hybridized carbons (Fsp3) is 0.409. The number of hydrogen-bond donors (Lipinski definition) is 1. The molecule has 0 unspecified atom stereocenters. The Balaban J connectivity index is 1.69. The van der Waals surface area contributed by atoms with E-state index in [0.717, 1.165) is 31.6 Å². The minimum Gasteiger partial charge on any atom is -0.465 e. The van der Waals surface area contributed by atoms with E-state index < -0.39 is 0 Å². The van der Waals surface area contributed by atoms with Crippen molar-refractivity contribution in [1.82, 2.24) is 0 Å². The summed E-state index contributed by atoms with van der Waals surface area (Å²) >= 11 is 0. The highest BCUT2D eigenvalue weighted by molar-refractivity contribution is 5.89. The van der Waals surface area contributed by atoms with Gasteiger partial charge < -0.3 is 14.8 Å². The Bertz CT molecular complexity index is 800. The van der Waals surface area contributed by atoms with Crippen molar-refractivity contribution in [1.29, 1.82) is 0 Å². The maximum atomic E-state index is 11.7. The summed E-state index contributed by atoms with van der Waals surface area (Å²) in [4.78, 5) is 11.7. The second-order valence-corrected chi connectivity index (χ2v) is 7.11. The van der Waals surface area contributed by atoms with Crippen LogP contribution in [0.15, 0.2) is 42.5 Å².